The third-order valence-electron chi connectivity index (χ3n) is 3.59. The van der Waals surface area contributed by atoms with E-state index in [1.54, 1.807) is 19.0 Å². The second kappa shape index (κ2) is 8.12. The Hall–Kier alpha value is -1.26. The van der Waals surface area contributed by atoms with E-state index in [2.05, 4.69) is 36.0 Å². The van der Waals surface area contributed by atoms with E-state index in [-0.39, 0.29) is 12.5 Å². The summed E-state index contributed by atoms with van der Waals surface area (Å²) >= 11 is 0. The number of hydrogen-bond donors (Lipinski definition) is 1. The van der Waals surface area contributed by atoms with Crippen molar-refractivity contribution in [1.82, 2.24) is 15.1 Å². The Morgan fingerprint density at radius 1 is 1.45 bits per heavy atom. The number of hydrogen-bond acceptors (Lipinski definition) is 2. The highest BCUT2D eigenvalue weighted by molar-refractivity contribution is 5.85. The Morgan fingerprint density at radius 2 is 2.15 bits per heavy atom. The number of nitrogens with one attached hydrogen (secondary N) is 1. The lowest BCUT2D eigenvalue weighted by atomic mass is 9.97. The predicted octanol–water partition coefficient (Wildman–Crippen LogP) is 1.41. The largest absolute Gasteiger partial charge is 0.357 e. The van der Waals surface area contributed by atoms with E-state index in [9.17, 15) is 4.79 Å². The molecule has 20 heavy (non-hydrogen) atoms. The first-order valence-corrected chi connectivity index (χ1v) is 7.67. The number of carbonyl (C=O) groups is 1. The van der Waals surface area contributed by atoms with Crippen LogP contribution in [0.1, 0.15) is 33.6 Å². The number of aliphatic imine (C=N–C) groups is 1. The molecule has 0 saturated carbocycles. The molecular weight excluding hydrogens is 252 g/mol. The topological polar surface area (TPSA) is 47.9 Å². The predicted molar refractivity (Wildman–Crippen MR) is 83.8 cm³/mol. The second-order valence-electron chi connectivity index (χ2n) is 6.19. The van der Waals surface area contributed by atoms with Gasteiger partial charge in [-0.05, 0) is 31.6 Å². The van der Waals surface area contributed by atoms with E-state index < -0.39 is 0 Å². The molecule has 0 aromatic rings. The van der Waals surface area contributed by atoms with Crippen molar-refractivity contribution >= 4 is 11.9 Å². The van der Waals surface area contributed by atoms with Crippen LogP contribution in [0.5, 0.6) is 0 Å². The Balaban J connectivity index is 2.58. The summed E-state index contributed by atoms with van der Waals surface area (Å²) in [6.45, 7) is 9.76. The molecule has 1 unspecified atom stereocenters. The van der Waals surface area contributed by atoms with Gasteiger partial charge in [-0.15, -0.1) is 0 Å². The smallest absolute Gasteiger partial charge is 0.243 e. The first-order chi connectivity index (χ1) is 9.43. The van der Waals surface area contributed by atoms with Crippen LogP contribution < -0.4 is 5.32 Å². The molecule has 0 spiro atoms. The van der Waals surface area contributed by atoms with E-state index >= 15 is 0 Å². The van der Waals surface area contributed by atoms with E-state index in [0.29, 0.717) is 0 Å². The summed E-state index contributed by atoms with van der Waals surface area (Å²) in [5.41, 5.74) is 0. The monoisotopic (exact) mass is 282 g/mol. The van der Waals surface area contributed by atoms with Crippen LogP contribution in [-0.2, 0) is 4.79 Å². The molecule has 1 N–H and O–H groups in total. The number of rotatable bonds is 5. The molecule has 116 valence electrons. The van der Waals surface area contributed by atoms with Gasteiger partial charge in [0, 0.05) is 33.7 Å². The Bertz CT molecular complexity index is 339. The molecule has 0 aromatic heterocycles. The number of guanidine groups is 1. The van der Waals surface area contributed by atoms with Gasteiger partial charge in [0.05, 0.1) is 0 Å². The van der Waals surface area contributed by atoms with Gasteiger partial charge in [0.15, 0.2) is 5.96 Å². The molecule has 0 bridgehead atoms. The quantitative estimate of drug-likeness (QED) is 0.612. The van der Waals surface area contributed by atoms with Crippen molar-refractivity contribution in [2.24, 2.45) is 16.8 Å². The molecule has 5 heteroatoms. The van der Waals surface area contributed by atoms with Gasteiger partial charge in [0.2, 0.25) is 5.91 Å². The van der Waals surface area contributed by atoms with Crippen LogP contribution in [0.4, 0.5) is 0 Å². The van der Waals surface area contributed by atoms with Crippen molar-refractivity contribution < 1.29 is 4.79 Å². The first-order valence-electron chi connectivity index (χ1n) is 7.67. The molecular formula is C15H30N4O. The fourth-order valence-electron chi connectivity index (χ4n) is 2.59. The average Bonchev–Trinajstić information content (AvgIpc) is 2.81. The van der Waals surface area contributed by atoms with Gasteiger partial charge in [0.1, 0.15) is 6.54 Å². The van der Waals surface area contributed by atoms with E-state index in [0.717, 1.165) is 37.4 Å². The molecule has 1 fully saturated rings. The highest BCUT2D eigenvalue weighted by Gasteiger charge is 2.25. The van der Waals surface area contributed by atoms with Crippen LogP contribution in [0.25, 0.3) is 0 Å². The van der Waals surface area contributed by atoms with Crippen LogP contribution in [0, 0.1) is 11.8 Å². The maximum atomic E-state index is 11.6. The van der Waals surface area contributed by atoms with Crippen molar-refractivity contribution in [1.29, 1.82) is 0 Å². The lowest BCUT2D eigenvalue weighted by Gasteiger charge is -2.22. The fourth-order valence-corrected chi connectivity index (χ4v) is 2.59. The van der Waals surface area contributed by atoms with Crippen molar-refractivity contribution in [2.75, 3.05) is 40.3 Å². The maximum absolute atomic E-state index is 11.6. The Morgan fingerprint density at radius 3 is 2.70 bits per heavy atom. The summed E-state index contributed by atoms with van der Waals surface area (Å²) in [4.78, 5) is 20.0. The summed E-state index contributed by atoms with van der Waals surface area (Å²) in [6, 6.07) is 0. The van der Waals surface area contributed by atoms with E-state index in [1.807, 2.05) is 0 Å². The third-order valence-corrected chi connectivity index (χ3v) is 3.59. The lowest BCUT2D eigenvalue weighted by Crippen LogP contribution is -2.41. The molecule has 1 atom stereocenters. The van der Waals surface area contributed by atoms with Crippen LogP contribution in [0.3, 0.4) is 0 Å². The van der Waals surface area contributed by atoms with Gasteiger partial charge < -0.3 is 15.1 Å². The highest BCUT2D eigenvalue weighted by atomic mass is 16.2. The summed E-state index contributed by atoms with van der Waals surface area (Å²) in [6.07, 6.45) is 2.50. The second-order valence-corrected chi connectivity index (χ2v) is 6.19. The number of likely N-dealkylation sites (tertiary alicyclic amines) is 1. The number of amides is 1. The zero-order valence-corrected chi connectivity index (χ0v) is 13.6. The molecule has 0 radical (unpaired) electrons. The molecule has 1 saturated heterocycles. The molecule has 0 aliphatic carbocycles. The van der Waals surface area contributed by atoms with Crippen LogP contribution in [-0.4, -0.2) is 61.9 Å². The van der Waals surface area contributed by atoms with Gasteiger partial charge in [-0.3, -0.25) is 4.79 Å². The Labute approximate surface area is 123 Å². The molecule has 5 nitrogen and oxygen atoms in total. The Kier molecular flexibility index (Phi) is 6.82. The minimum absolute atomic E-state index is 0.0401. The number of nitrogens with zero attached hydrogens (tertiary/aromatic N) is 3. The van der Waals surface area contributed by atoms with Gasteiger partial charge in [-0.25, -0.2) is 4.99 Å². The van der Waals surface area contributed by atoms with E-state index in [4.69, 9.17) is 0 Å². The highest BCUT2D eigenvalue weighted by Crippen LogP contribution is 2.23. The average molecular weight is 282 g/mol. The standard InChI is InChI=1S/C15H30N4O/c1-6-16-15(17-10-14(20)18(4)5)19-8-7-13(11-19)9-12(2)3/h12-13H,6-11H2,1-5H3,(H,16,17). The lowest BCUT2D eigenvalue weighted by molar-refractivity contribution is -0.127. The fraction of sp³-hybridized carbons (Fsp3) is 0.867. The molecule has 0 aromatic carbocycles. The van der Waals surface area contributed by atoms with Crippen LogP contribution in [0.2, 0.25) is 0 Å². The third kappa shape index (κ3) is 5.39. The van der Waals surface area contributed by atoms with Crippen molar-refractivity contribution in [3.63, 3.8) is 0 Å². The summed E-state index contributed by atoms with van der Waals surface area (Å²) in [5, 5.41) is 3.30. The van der Waals surface area contributed by atoms with Crippen LogP contribution >= 0.6 is 0 Å². The zero-order valence-electron chi connectivity index (χ0n) is 13.6. The summed E-state index contributed by atoms with van der Waals surface area (Å²) in [5.74, 6) is 2.42. The maximum Gasteiger partial charge on any atom is 0.243 e. The van der Waals surface area contributed by atoms with Crippen LogP contribution in [0.15, 0.2) is 4.99 Å². The van der Waals surface area contributed by atoms with Gasteiger partial charge >= 0.3 is 0 Å². The van der Waals surface area contributed by atoms with E-state index in [1.165, 1.54) is 12.8 Å². The normalized spacial score (nSPS) is 19.6. The summed E-state index contributed by atoms with van der Waals surface area (Å²) in [7, 11) is 3.53. The first kappa shape index (κ1) is 16.8. The minimum Gasteiger partial charge on any atom is -0.357 e. The van der Waals surface area contributed by atoms with Gasteiger partial charge in [-0.2, -0.15) is 0 Å². The zero-order chi connectivity index (χ0) is 15.1. The molecule has 1 aliphatic heterocycles. The molecule has 1 heterocycles. The van der Waals surface area contributed by atoms with Crippen molar-refractivity contribution in [2.45, 2.75) is 33.6 Å². The van der Waals surface area contributed by atoms with Gasteiger partial charge in [-0.1, -0.05) is 13.8 Å². The SMILES string of the molecule is CCNC(=NCC(=O)N(C)C)N1CCC(CC(C)C)C1. The van der Waals surface area contributed by atoms with Crippen molar-refractivity contribution in [3.05, 3.63) is 0 Å². The number of carbonyl (C=O) groups excluding carboxylic acids is 1. The minimum atomic E-state index is 0.0401. The summed E-state index contributed by atoms with van der Waals surface area (Å²) < 4.78 is 0. The number of likely N-dealkylation sites (N-methyl/N-ethyl adjacent to an activating group) is 1. The van der Waals surface area contributed by atoms with Gasteiger partial charge in [0.25, 0.3) is 0 Å². The molecule has 1 aliphatic rings. The molecule has 1 amide bonds. The van der Waals surface area contributed by atoms with Crippen molar-refractivity contribution in [3.8, 4) is 0 Å². The molecule has 1 rings (SSSR count).